The molecule has 2 rings (SSSR count). The van der Waals surface area contributed by atoms with Gasteiger partial charge in [-0.05, 0) is 48.7 Å². The van der Waals surface area contributed by atoms with Crippen molar-refractivity contribution in [2.24, 2.45) is 16.6 Å². The fourth-order valence-corrected chi connectivity index (χ4v) is 2.63. The fourth-order valence-electron chi connectivity index (χ4n) is 2.50. The van der Waals surface area contributed by atoms with Gasteiger partial charge in [0, 0.05) is 18.1 Å². The number of carbonyl (C=O) groups excluding carboxylic acids is 1. The van der Waals surface area contributed by atoms with E-state index >= 15 is 0 Å². The fraction of sp³-hybridized carbons (Fsp3) is 0.300. The summed E-state index contributed by atoms with van der Waals surface area (Å²) in [6, 6.07) is 13.5. The van der Waals surface area contributed by atoms with Gasteiger partial charge in [0.05, 0.1) is 12.5 Å². The Balaban J connectivity index is 0.00000392. The van der Waals surface area contributed by atoms with Crippen LogP contribution in [-0.2, 0) is 17.8 Å². The third kappa shape index (κ3) is 8.43. The molecular formula is C20H25ClFIN4O. The van der Waals surface area contributed by atoms with Crippen molar-refractivity contribution in [1.82, 2.24) is 10.6 Å². The average Bonchev–Trinajstić information content (AvgIpc) is 2.65. The van der Waals surface area contributed by atoms with Crippen LogP contribution < -0.4 is 16.4 Å². The van der Waals surface area contributed by atoms with Gasteiger partial charge in [0.25, 0.3) is 0 Å². The summed E-state index contributed by atoms with van der Waals surface area (Å²) < 4.78 is 13.0. The van der Waals surface area contributed by atoms with Crippen molar-refractivity contribution in [3.05, 3.63) is 70.5 Å². The van der Waals surface area contributed by atoms with E-state index in [1.807, 2.05) is 31.2 Å². The summed E-state index contributed by atoms with van der Waals surface area (Å²) in [5, 5.41) is 6.97. The SMILES string of the molecule is CCNC(=NCc1ccc(Cl)cc1)NCC(Cc1ccc(F)cc1)C(N)=O.I. The van der Waals surface area contributed by atoms with E-state index in [9.17, 15) is 9.18 Å². The minimum atomic E-state index is -0.435. The third-order valence-corrected chi connectivity index (χ3v) is 4.24. The molecular weight excluding hydrogens is 494 g/mol. The first kappa shape index (κ1) is 24.2. The van der Waals surface area contributed by atoms with E-state index in [2.05, 4.69) is 15.6 Å². The Hall–Kier alpha value is -1.87. The van der Waals surface area contributed by atoms with Crippen LogP contribution >= 0.6 is 35.6 Å². The van der Waals surface area contributed by atoms with E-state index in [4.69, 9.17) is 17.3 Å². The molecule has 0 spiro atoms. The van der Waals surface area contributed by atoms with E-state index in [-0.39, 0.29) is 29.8 Å². The number of aliphatic imine (C=N–C) groups is 1. The number of benzene rings is 2. The van der Waals surface area contributed by atoms with E-state index in [1.165, 1.54) is 12.1 Å². The molecule has 1 atom stereocenters. The zero-order valence-electron chi connectivity index (χ0n) is 15.6. The predicted molar refractivity (Wildman–Crippen MR) is 122 cm³/mol. The van der Waals surface area contributed by atoms with Crippen LogP contribution in [-0.4, -0.2) is 25.0 Å². The highest BCUT2D eigenvalue weighted by atomic mass is 127. The molecule has 0 saturated heterocycles. The monoisotopic (exact) mass is 518 g/mol. The summed E-state index contributed by atoms with van der Waals surface area (Å²) in [6.07, 6.45) is 0.430. The van der Waals surface area contributed by atoms with Crippen LogP contribution in [0.25, 0.3) is 0 Å². The van der Waals surface area contributed by atoms with Gasteiger partial charge in [-0.15, -0.1) is 24.0 Å². The number of primary amides is 1. The molecule has 1 unspecified atom stereocenters. The number of nitrogens with zero attached hydrogens (tertiary/aromatic N) is 1. The standard InChI is InChI=1S/C20H24ClFN4O.HI/c1-2-24-20(25-12-15-3-7-17(21)8-4-15)26-13-16(19(23)27)11-14-5-9-18(22)10-6-14;/h3-10,16H,2,11-13H2,1H3,(H2,23,27)(H2,24,25,26);1H. The number of guanidine groups is 1. The normalized spacial score (nSPS) is 12.0. The molecule has 152 valence electrons. The van der Waals surface area contributed by atoms with Crippen LogP contribution in [0, 0.1) is 11.7 Å². The van der Waals surface area contributed by atoms with Gasteiger partial charge in [-0.1, -0.05) is 35.9 Å². The number of rotatable bonds is 8. The minimum absolute atomic E-state index is 0. The summed E-state index contributed by atoms with van der Waals surface area (Å²) in [7, 11) is 0. The Bertz CT molecular complexity index is 769. The highest BCUT2D eigenvalue weighted by molar-refractivity contribution is 14.0. The number of nitrogens with one attached hydrogen (secondary N) is 2. The Morgan fingerprint density at radius 1 is 1.11 bits per heavy atom. The van der Waals surface area contributed by atoms with Gasteiger partial charge in [0.1, 0.15) is 5.82 Å². The molecule has 8 heteroatoms. The van der Waals surface area contributed by atoms with Crippen molar-refractivity contribution in [2.45, 2.75) is 19.9 Å². The van der Waals surface area contributed by atoms with E-state index in [0.29, 0.717) is 37.0 Å². The third-order valence-electron chi connectivity index (χ3n) is 3.99. The summed E-state index contributed by atoms with van der Waals surface area (Å²) >= 11 is 5.89. The molecule has 0 fully saturated rings. The van der Waals surface area contributed by atoms with Crippen LogP contribution in [0.5, 0.6) is 0 Å². The van der Waals surface area contributed by atoms with Crippen molar-refractivity contribution < 1.29 is 9.18 Å². The van der Waals surface area contributed by atoms with Gasteiger partial charge in [0.15, 0.2) is 5.96 Å². The number of halogens is 3. The van der Waals surface area contributed by atoms with Crippen molar-refractivity contribution in [1.29, 1.82) is 0 Å². The van der Waals surface area contributed by atoms with E-state index < -0.39 is 11.8 Å². The van der Waals surface area contributed by atoms with Crippen molar-refractivity contribution in [2.75, 3.05) is 13.1 Å². The number of hydrogen-bond donors (Lipinski definition) is 3. The van der Waals surface area contributed by atoms with Crippen molar-refractivity contribution >= 4 is 47.4 Å². The lowest BCUT2D eigenvalue weighted by Gasteiger charge is -2.17. The van der Waals surface area contributed by atoms with Crippen LogP contribution in [0.3, 0.4) is 0 Å². The Labute approximate surface area is 187 Å². The van der Waals surface area contributed by atoms with Gasteiger partial charge in [-0.3, -0.25) is 4.79 Å². The average molecular weight is 519 g/mol. The molecule has 5 nitrogen and oxygen atoms in total. The van der Waals surface area contributed by atoms with Crippen molar-refractivity contribution in [3.8, 4) is 0 Å². The van der Waals surface area contributed by atoms with E-state index in [0.717, 1.165) is 11.1 Å². The first-order valence-electron chi connectivity index (χ1n) is 8.78. The number of nitrogens with two attached hydrogens (primary N) is 1. The number of carbonyl (C=O) groups is 1. The van der Waals surface area contributed by atoms with Crippen molar-refractivity contribution in [3.63, 3.8) is 0 Å². The minimum Gasteiger partial charge on any atom is -0.369 e. The predicted octanol–water partition coefficient (Wildman–Crippen LogP) is 3.50. The molecule has 28 heavy (non-hydrogen) atoms. The van der Waals surface area contributed by atoms with Crippen LogP contribution in [0.2, 0.25) is 5.02 Å². The molecule has 1 amide bonds. The summed E-state index contributed by atoms with van der Waals surface area (Å²) in [4.78, 5) is 16.3. The summed E-state index contributed by atoms with van der Waals surface area (Å²) in [5.41, 5.74) is 7.40. The quantitative estimate of drug-likeness (QED) is 0.284. The molecule has 0 bridgehead atoms. The Morgan fingerprint density at radius 3 is 2.29 bits per heavy atom. The molecule has 0 saturated carbocycles. The molecule has 4 N–H and O–H groups in total. The maximum absolute atomic E-state index is 13.0. The van der Waals surface area contributed by atoms with Crippen LogP contribution in [0.4, 0.5) is 4.39 Å². The van der Waals surface area contributed by atoms with E-state index in [1.54, 1.807) is 12.1 Å². The molecule has 0 aliphatic carbocycles. The lowest BCUT2D eigenvalue weighted by atomic mass is 9.98. The van der Waals surface area contributed by atoms with Crippen LogP contribution in [0.1, 0.15) is 18.1 Å². The number of hydrogen-bond acceptors (Lipinski definition) is 2. The van der Waals surface area contributed by atoms with Gasteiger partial charge in [-0.25, -0.2) is 9.38 Å². The number of amides is 1. The van der Waals surface area contributed by atoms with Gasteiger partial charge in [-0.2, -0.15) is 0 Å². The maximum atomic E-state index is 13.0. The molecule has 2 aromatic carbocycles. The molecule has 0 heterocycles. The highest BCUT2D eigenvalue weighted by Gasteiger charge is 2.16. The Morgan fingerprint density at radius 2 is 1.71 bits per heavy atom. The largest absolute Gasteiger partial charge is 0.369 e. The Kier molecular flexibility index (Phi) is 10.8. The second kappa shape index (κ2) is 12.6. The second-order valence-corrected chi connectivity index (χ2v) is 6.57. The van der Waals surface area contributed by atoms with Gasteiger partial charge in [0.2, 0.25) is 5.91 Å². The first-order chi connectivity index (χ1) is 13.0. The molecule has 0 radical (unpaired) electrons. The zero-order chi connectivity index (χ0) is 19.6. The van der Waals surface area contributed by atoms with Crippen LogP contribution in [0.15, 0.2) is 53.5 Å². The highest BCUT2D eigenvalue weighted by Crippen LogP contribution is 2.11. The molecule has 2 aromatic rings. The van der Waals surface area contributed by atoms with Gasteiger partial charge >= 0.3 is 0 Å². The summed E-state index contributed by atoms with van der Waals surface area (Å²) in [6.45, 7) is 3.46. The smallest absolute Gasteiger partial charge is 0.222 e. The maximum Gasteiger partial charge on any atom is 0.222 e. The second-order valence-electron chi connectivity index (χ2n) is 6.13. The van der Waals surface area contributed by atoms with Gasteiger partial charge < -0.3 is 16.4 Å². The molecule has 0 aliphatic heterocycles. The lowest BCUT2D eigenvalue weighted by molar-refractivity contribution is -0.121. The molecule has 0 aromatic heterocycles. The zero-order valence-corrected chi connectivity index (χ0v) is 18.7. The topological polar surface area (TPSA) is 79.5 Å². The molecule has 0 aliphatic rings. The lowest BCUT2D eigenvalue weighted by Crippen LogP contribution is -2.43. The first-order valence-corrected chi connectivity index (χ1v) is 9.16. The summed E-state index contributed by atoms with van der Waals surface area (Å²) in [5.74, 6) is -0.565.